The molecule has 3 aromatic rings. The molecule has 0 radical (unpaired) electrons. The van der Waals surface area contributed by atoms with Crippen LogP contribution in [0.2, 0.25) is 0 Å². The Labute approximate surface area is 164 Å². The van der Waals surface area contributed by atoms with Gasteiger partial charge in [0.2, 0.25) is 0 Å². The lowest BCUT2D eigenvalue weighted by Crippen LogP contribution is -2.33. The molecular weight excluding hydrogens is 352 g/mol. The summed E-state index contributed by atoms with van der Waals surface area (Å²) >= 11 is 0. The molecule has 144 valence electrons. The van der Waals surface area contributed by atoms with Gasteiger partial charge in [0, 0.05) is 25.2 Å². The number of aromatic nitrogens is 4. The van der Waals surface area contributed by atoms with Gasteiger partial charge in [-0.15, -0.1) is 5.10 Å². The first kappa shape index (κ1) is 18.3. The Kier molecular flexibility index (Phi) is 5.72. The van der Waals surface area contributed by atoms with E-state index in [0.29, 0.717) is 24.6 Å². The SMILES string of the molecule is O=C(NCCN1CC[C@@H](c2ccccc2)C1)c1ccc(Cn2cnnn2)cc1. The summed E-state index contributed by atoms with van der Waals surface area (Å²) in [5.74, 6) is 0.567. The van der Waals surface area contributed by atoms with Crippen LogP contribution in [0.5, 0.6) is 0 Å². The maximum absolute atomic E-state index is 12.4. The predicted molar refractivity (Wildman–Crippen MR) is 106 cm³/mol. The van der Waals surface area contributed by atoms with E-state index in [2.05, 4.69) is 56.1 Å². The molecule has 7 nitrogen and oxygen atoms in total. The van der Waals surface area contributed by atoms with E-state index in [1.165, 1.54) is 12.0 Å². The van der Waals surface area contributed by atoms with Crippen LogP contribution in [0.3, 0.4) is 0 Å². The molecule has 2 aromatic carbocycles. The van der Waals surface area contributed by atoms with Crippen molar-refractivity contribution in [2.24, 2.45) is 0 Å². The molecule has 1 saturated heterocycles. The summed E-state index contributed by atoms with van der Waals surface area (Å²) in [6.07, 6.45) is 2.75. The van der Waals surface area contributed by atoms with Crippen molar-refractivity contribution in [3.8, 4) is 0 Å². The number of carbonyl (C=O) groups excluding carboxylic acids is 1. The maximum Gasteiger partial charge on any atom is 0.251 e. The molecule has 0 unspecified atom stereocenters. The van der Waals surface area contributed by atoms with Crippen LogP contribution in [0.15, 0.2) is 60.9 Å². The molecule has 1 aliphatic rings. The Morgan fingerprint density at radius 3 is 2.68 bits per heavy atom. The highest BCUT2D eigenvalue weighted by molar-refractivity contribution is 5.94. The molecule has 4 rings (SSSR count). The minimum atomic E-state index is -0.0345. The molecule has 0 aliphatic carbocycles. The highest BCUT2D eigenvalue weighted by Gasteiger charge is 2.23. The zero-order valence-electron chi connectivity index (χ0n) is 15.7. The van der Waals surface area contributed by atoms with E-state index in [0.717, 1.165) is 25.2 Å². The smallest absolute Gasteiger partial charge is 0.251 e. The van der Waals surface area contributed by atoms with Crippen molar-refractivity contribution in [1.29, 1.82) is 0 Å². The molecule has 1 aliphatic heterocycles. The number of nitrogens with zero attached hydrogens (tertiary/aromatic N) is 5. The number of hydrogen-bond donors (Lipinski definition) is 1. The Balaban J connectivity index is 1.21. The number of rotatable bonds is 7. The Morgan fingerprint density at radius 2 is 1.93 bits per heavy atom. The highest BCUT2D eigenvalue weighted by atomic mass is 16.1. The van der Waals surface area contributed by atoms with Gasteiger partial charge < -0.3 is 10.2 Å². The Bertz CT molecular complexity index is 879. The third-order valence-electron chi connectivity index (χ3n) is 5.21. The summed E-state index contributed by atoms with van der Waals surface area (Å²) in [4.78, 5) is 14.8. The zero-order chi connectivity index (χ0) is 19.2. The fourth-order valence-electron chi connectivity index (χ4n) is 3.66. The van der Waals surface area contributed by atoms with E-state index in [1.807, 2.05) is 24.3 Å². The van der Waals surface area contributed by atoms with Gasteiger partial charge in [-0.3, -0.25) is 4.79 Å². The van der Waals surface area contributed by atoms with Gasteiger partial charge in [-0.05, 0) is 52.6 Å². The van der Waals surface area contributed by atoms with E-state index in [9.17, 15) is 4.79 Å². The van der Waals surface area contributed by atoms with Crippen molar-refractivity contribution < 1.29 is 4.79 Å². The van der Waals surface area contributed by atoms with Crippen LogP contribution in [-0.2, 0) is 6.54 Å². The van der Waals surface area contributed by atoms with Gasteiger partial charge in [-0.25, -0.2) is 4.68 Å². The van der Waals surface area contributed by atoms with Crippen molar-refractivity contribution in [2.75, 3.05) is 26.2 Å². The van der Waals surface area contributed by atoms with Crippen LogP contribution >= 0.6 is 0 Å². The number of likely N-dealkylation sites (tertiary alicyclic amines) is 1. The van der Waals surface area contributed by atoms with E-state index in [-0.39, 0.29) is 5.91 Å². The predicted octanol–water partition coefficient (Wildman–Crippen LogP) is 1.94. The second-order valence-electron chi connectivity index (χ2n) is 7.16. The van der Waals surface area contributed by atoms with Gasteiger partial charge in [0.05, 0.1) is 6.54 Å². The number of hydrogen-bond acceptors (Lipinski definition) is 5. The molecule has 1 atom stereocenters. The summed E-state index contributed by atoms with van der Waals surface area (Å²) in [6.45, 7) is 4.28. The minimum Gasteiger partial charge on any atom is -0.351 e. The Hall–Kier alpha value is -3.06. The minimum absolute atomic E-state index is 0.0345. The topological polar surface area (TPSA) is 75.9 Å². The highest BCUT2D eigenvalue weighted by Crippen LogP contribution is 2.26. The van der Waals surface area contributed by atoms with Crippen molar-refractivity contribution in [2.45, 2.75) is 18.9 Å². The van der Waals surface area contributed by atoms with Gasteiger partial charge in [-0.2, -0.15) is 0 Å². The summed E-state index contributed by atoms with van der Waals surface area (Å²) in [6, 6.07) is 18.2. The largest absolute Gasteiger partial charge is 0.351 e. The van der Waals surface area contributed by atoms with Gasteiger partial charge in [0.15, 0.2) is 0 Å². The Morgan fingerprint density at radius 1 is 1.11 bits per heavy atom. The molecule has 1 aromatic heterocycles. The number of benzene rings is 2. The summed E-state index contributed by atoms with van der Waals surface area (Å²) in [5.41, 5.74) is 3.13. The van der Waals surface area contributed by atoms with Crippen molar-refractivity contribution >= 4 is 5.91 Å². The molecule has 1 N–H and O–H groups in total. The average Bonchev–Trinajstić information content (AvgIpc) is 3.41. The molecular formula is C21H24N6O. The average molecular weight is 376 g/mol. The maximum atomic E-state index is 12.4. The molecule has 28 heavy (non-hydrogen) atoms. The molecule has 1 amide bonds. The van der Waals surface area contributed by atoms with Crippen LogP contribution in [0.4, 0.5) is 0 Å². The monoisotopic (exact) mass is 376 g/mol. The van der Waals surface area contributed by atoms with Crippen LogP contribution < -0.4 is 5.32 Å². The summed E-state index contributed by atoms with van der Waals surface area (Å²) < 4.78 is 1.65. The first-order chi connectivity index (χ1) is 13.8. The molecule has 2 heterocycles. The van der Waals surface area contributed by atoms with E-state index < -0.39 is 0 Å². The third-order valence-corrected chi connectivity index (χ3v) is 5.21. The quantitative estimate of drug-likeness (QED) is 0.682. The number of tetrazole rings is 1. The third kappa shape index (κ3) is 4.61. The van der Waals surface area contributed by atoms with Gasteiger partial charge in [0.25, 0.3) is 5.91 Å². The number of nitrogens with one attached hydrogen (secondary N) is 1. The van der Waals surface area contributed by atoms with Crippen LogP contribution in [0, 0.1) is 0 Å². The lowest BCUT2D eigenvalue weighted by atomic mass is 9.99. The van der Waals surface area contributed by atoms with Gasteiger partial charge >= 0.3 is 0 Å². The number of amides is 1. The van der Waals surface area contributed by atoms with E-state index >= 15 is 0 Å². The van der Waals surface area contributed by atoms with E-state index in [1.54, 1.807) is 11.0 Å². The standard InChI is InChI=1S/C21H24N6O/c28-21(19-8-6-17(7-9-19)14-27-16-23-24-25-27)22-11-13-26-12-10-20(15-26)18-4-2-1-3-5-18/h1-9,16,20H,10-15H2,(H,22,28)/t20-/m1/s1. The molecule has 7 heteroatoms. The van der Waals surface area contributed by atoms with E-state index in [4.69, 9.17) is 0 Å². The van der Waals surface area contributed by atoms with Gasteiger partial charge in [-0.1, -0.05) is 42.5 Å². The first-order valence-corrected chi connectivity index (χ1v) is 9.63. The molecule has 0 spiro atoms. The fourth-order valence-corrected chi connectivity index (χ4v) is 3.66. The van der Waals surface area contributed by atoms with Crippen molar-refractivity contribution in [3.63, 3.8) is 0 Å². The normalized spacial score (nSPS) is 16.9. The number of carbonyl (C=O) groups is 1. The fraction of sp³-hybridized carbons (Fsp3) is 0.333. The molecule has 1 fully saturated rings. The van der Waals surface area contributed by atoms with Crippen LogP contribution in [0.25, 0.3) is 0 Å². The zero-order valence-corrected chi connectivity index (χ0v) is 15.7. The second-order valence-corrected chi connectivity index (χ2v) is 7.16. The summed E-state index contributed by atoms with van der Waals surface area (Å²) in [5, 5.41) is 14.1. The lowest BCUT2D eigenvalue weighted by molar-refractivity contribution is 0.0949. The lowest BCUT2D eigenvalue weighted by Gasteiger charge is -2.16. The molecule has 0 bridgehead atoms. The first-order valence-electron chi connectivity index (χ1n) is 9.63. The summed E-state index contributed by atoms with van der Waals surface area (Å²) in [7, 11) is 0. The molecule has 0 saturated carbocycles. The van der Waals surface area contributed by atoms with Gasteiger partial charge in [0.1, 0.15) is 6.33 Å². The van der Waals surface area contributed by atoms with Crippen molar-refractivity contribution in [1.82, 2.24) is 30.4 Å². The van der Waals surface area contributed by atoms with Crippen LogP contribution in [-0.4, -0.2) is 57.2 Å². The second kappa shape index (κ2) is 8.75. The van der Waals surface area contributed by atoms with Crippen molar-refractivity contribution in [3.05, 3.63) is 77.6 Å². The van der Waals surface area contributed by atoms with Crippen LogP contribution in [0.1, 0.15) is 33.8 Å².